The normalized spacial score (nSPS) is 10.8. The van der Waals surface area contributed by atoms with Crippen LogP contribution in [-0.4, -0.2) is 50.1 Å². The van der Waals surface area contributed by atoms with Gasteiger partial charge in [0.1, 0.15) is 5.75 Å². The molecule has 0 bridgehead atoms. The minimum atomic E-state index is 0. The van der Waals surface area contributed by atoms with Gasteiger partial charge in [0.15, 0.2) is 5.13 Å². The molecular weight excluding hydrogens is 406 g/mol. The van der Waals surface area contributed by atoms with Gasteiger partial charge in [-0.1, -0.05) is 29.5 Å². The molecule has 156 valence electrons. The maximum absolute atomic E-state index is 13.2. The third-order valence-electron chi connectivity index (χ3n) is 4.81. The number of aromatic nitrogens is 1. The third-order valence-corrected chi connectivity index (χ3v) is 5.85. The first kappa shape index (κ1) is 23.1. The molecule has 1 amide bonds. The van der Waals surface area contributed by atoms with Crippen LogP contribution in [0, 0.1) is 13.8 Å². The van der Waals surface area contributed by atoms with Gasteiger partial charge in [0.05, 0.1) is 23.7 Å². The fourth-order valence-corrected chi connectivity index (χ4v) is 3.98. The second-order valence-electron chi connectivity index (χ2n) is 7.27. The van der Waals surface area contributed by atoms with Crippen molar-refractivity contribution in [2.24, 2.45) is 0 Å². The Morgan fingerprint density at radius 3 is 2.48 bits per heavy atom. The van der Waals surface area contributed by atoms with Crippen LogP contribution in [-0.2, 0) is 11.2 Å². The second-order valence-corrected chi connectivity index (χ2v) is 8.28. The first-order valence-corrected chi connectivity index (χ1v) is 10.1. The highest BCUT2D eigenvalue weighted by atomic mass is 35.5. The molecule has 1 aromatic heterocycles. The van der Waals surface area contributed by atoms with Gasteiger partial charge in [-0.25, -0.2) is 4.98 Å². The van der Waals surface area contributed by atoms with Gasteiger partial charge >= 0.3 is 0 Å². The van der Waals surface area contributed by atoms with E-state index in [-0.39, 0.29) is 18.3 Å². The van der Waals surface area contributed by atoms with Crippen LogP contribution >= 0.6 is 23.7 Å². The van der Waals surface area contributed by atoms with Crippen molar-refractivity contribution in [3.05, 3.63) is 53.1 Å². The van der Waals surface area contributed by atoms with Crippen LogP contribution in [0.4, 0.5) is 5.13 Å². The molecule has 0 aliphatic heterocycles. The highest BCUT2D eigenvalue weighted by Crippen LogP contribution is 2.31. The van der Waals surface area contributed by atoms with E-state index in [0.29, 0.717) is 13.0 Å². The van der Waals surface area contributed by atoms with Crippen LogP contribution in [0.2, 0.25) is 0 Å². The lowest BCUT2D eigenvalue weighted by Gasteiger charge is -2.22. The second kappa shape index (κ2) is 10.1. The van der Waals surface area contributed by atoms with Gasteiger partial charge in [-0.05, 0) is 62.8 Å². The van der Waals surface area contributed by atoms with Crippen molar-refractivity contribution in [3.63, 3.8) is 0 Å². The van der Waals surface area contributed by atoms with Crippen molar-refractivity contribution in [1.29, 1.82) is 0 Å². The van der Waals surface area contributed by atoms with Gasteiger partial charge in [-0.2, -0.15) is 0 Å². The lowest BCUT2D eigenvalue weighted by atomic mass is 10.0. The van der Waals surface area contributed by atoms with Crippen LogP contribution in [0.5, 0.6) is 5.75 Å². The summed E-state index contributed by atoms with van der Waals surface area (Å²) >= 11 is 1.53. The number of carbonyl (C=O) groups excluding carboxylic acids is 1. The number of anilines is 1. The summed E-state index contributed by atoms with van der Waals surface area (Å²) in [5.41, 5.74) is 4.36. The summed E-state index contributed by atoms with van der Waals surface area (Å²) in [6, 6.07) is 12.0. The first-order valence-electron chi connectivity index (χ1n) is 9.33. The molecular formula is C22H28ClN3O2S. The average Bonchev–Trinajstić information content (AvgIpc) is 3.07. The van der Waals surface area contributed by atoms with E-state index in [1.54, 1.807) is 7.11 Å². The third kappa shape index (κ3) is 5.69. The van der Waals surface area contributed by atoms with E-state index in [9.17, 15) is 4.79 Å². The standard InChI is InChI=1S/C22H27N3O2S.ClH/c1-15-6-7-17(12-16(15)2)13-21(26)25(11-10-24(3)4)22-23-19-9-8-18(27-5)14-20(19)28-22;/h6-9,12,14H,10-11,13H2,1-5H3;1H. The SMILES string of the molecule is COc1ccc2nc(N(CCN(C)C)C(=O)Cc3ccc(C)c(C)c3)sc2c1.Cl. The largest absolute Gasteiger partial charge is 0.497 e. The molecule has 0 atom stereocenters. The summed E-state index contributed by atoms with van der Waals surface area (Å²) in [6.45, 7) is 5.54. The first-order chi connectivity index (χ1) is 13.4. The van der Waals surface area contributed by atoms with Crippen LogP contribution in [0.3, 0.4) is 0 Å². The number of amides is 1. The number of likely N-dealkylation sites (N-methyl/N-ethyl adjacent to an activating group) is 1. The Bertz CT molecular complexity index is 987. The zero-order valence-electron chi connectivity index (χ0n) is 17.6. The lowest BCUT2D eigenvalue weighted by Crippen LogP contribution is -2.37. The minimum absolute atomic E-state index is 0. The number of halogens is 1. The Hall–Kier alpha value is -2.15. The summed E-state index contributed by atoms with van der Waals surface area (Å²) in [5.74, 6) is 0.861. The smallest absolute Gasteiger partial charge is 0.233 e. The zero-order chi connectivity index (χ0) is 20.3. The van der Waals surface area contributed by atoms with Crippen molar-refractivity contribution in [3.8, 4) is 5.75 Å². The van der Waals surface area contributed by atoms with Crippen LogP contribution < -0.4 is 9.64 Å². The predicted molar refractivity (Wildman–Crippen MR) is 124 cm³/mol. The predicted octanol–water partition coefficient (Wildman–Crippen LogP) is 4.48. The minimum Gasteiger partial charge on any atom is -0.497 e. The highest BCUT2D eigenvalue weighted by Gasteiger charge is 2.20. The van der Waals surface area contributed by atoms with Crippen LogP contribution in [0.15, 0.2) is 36.4 Å². The molecule has 3 rings (SSSR count). The van der Waals surface area contributed by atoms with E-state index >= 15 is 0 Å². The summed E-state index contributed by atoms with van der Waals surface area (Å²) in [6.07, 6.45) is 0.369. The molecule has 7 heteroatoms. The molecule has 5 nitrogen and oxygen atoms in total. The number of ether oxygens (including phenoxy) is 1. The van der Waals surface area contributed by atoms with Crippen molar-refractivity contribution in [2.45, 2.75) is 20.3 Å². The fraction of sp³-hybridized carbons (Fsp3) is 0.364. The number of aryl methyl sites for hydroxylation is 2. The molecule has 0 aliphatic carbocycles. The van der Waals surface area contributed by atoms with Gasteiger partial charge < -0.3 is 9.64 Å². The van der Waals surface area contributed by atoms with Gasteiger partial charge in [0, 0.05) is 13.1 Å². The van der Waals surface area contributed by atoms with Crippen molar-refractivity contribution in [2.75, 3.05) is 39.2 Å². The summed E-state index contributed by atoms with van der Waals surface area (Å²) in [7, 11) is 5.67. The molecule has 3 aromatic rings. The zero-order valence-corrected chi connectivity index (χ0v) is 19.2. The van der Waals surface area contributed by atoms with Crippen molar-refractivity contribution >= 4 is 45.0 Å². The molecule has 0 spiro atoms. The number of hydrogen-bond acceptors (Lipinski definition) is 5. The molecule has 0 N–H and O–H groups in total. The monoisotopic (exact) mass is 433 g/mol. The molecule has 0 saturated heterocycles. The number of rotatable bonds is 7. The van der Waals surface area contributed by atoms with Gasteiger partial charge in [0.2, 0.25) is 5.91 Å². The van der Waals surface area contributed by atoms with Crippen LogP contribution in [0.1, 0.15) is 16.7 Å². The Balaban J connectivity index is 0.00000300. The lowest BCUT2D eigenvalue weighted by molar-refractivity contribution is -0.118. The van der Waals surface area contributed by atoms with E-state index in [0.717, 1.165) is 33.2 Å². The van der Waals surface area contributed by atoms with Crippen LogP contribution in [0.25, 0.3) is 10.2 Å². The fourth-order valence-electron chi connectivity index (χ4n) is 2.95. The maximum atomic E-state index is 13.2. The molecule has 2 aromatic carbocycles. The van der Waals surface area contributed by atoms with E-state index in [4.69, 9.17) is 9.72 Å². The molecule has 1 heterocycles. The molecule has 29 heavy (non-hydrogen) atoms. The number of methoxy groups -OCH3 is 1. The highest BCUT2D eigenvalue weighted by molar-refractivity contribution is 7.22. The van der Waals surface area contributed by atoms with Crippen molar-refractivity contribution in [1.82, 2.24) is 9.88 Å². The number of thiazole rings is 1. The van der Waals surface area contributed by atoms with Crippen molar-refractivity contribution < 1.29 is 9.53 Å². The maximum Gasteiger partial charge on any atom is 0.233 e. The number of nitrogens with zero attached hydrogens (tertiary/aromatic N) is 3. The van der Waals surface area contributed by atoms with Gasteiger partial charge in [-0.3, -0.25) is 9.69 Å². The van der Waals surface area contributed by atoms with Gasteiger partial charge in [-0.15, -0.1) is 12.4 Å². The van der Waals surface area contributed by atoms with E-state index in [1.807, 2.05) is 43.3 Å². The molecule has 0 fully saturated rings. The Morgan fingerprint density at radius 1 is 1.07 bits per heavy atom. The molecule has 0 saturated carbocycles. The summed E-state index contributed by atoms with van der Waals surface area (Å²) in [5, 5.41) is 0.735. The average molecular weight is 434 g/mol. The van der Waals surface area contributed by atoms with E-state index < -0.39 is 0 Å². The Morgan fingerprint density at radius 2 is 1.83 bits per heavy atom. The quantitative estimate of drug-likeness (QED) is 0.551. The molecule has 0 aliphatic rings. The van der Waals surface area contributed by atoms with E-state index in [2.05, 4.69) is 30.9 Å². The topological polar surface area (TPSA) is 45.7 Å². The number of hydrogen-bond donors (Lipinski definition) is 0. The molecule has 0 radical (unpaired) electrons. The number of fused-ring (bicyclic) bond motifs is 1. The summed E-state index contributed by atoms with van der Waals surface area (Å²) in [4.78, 5) is 21.8. The Kier molecular flexibility index (Phi) is 8.02. The number of carbonyl (C=O) groups is 1. The Labute approximate surface area is 182 Å². The molecule has 0 unspecified atom stereocenters. The van der Waals surface area contributed by atoms with Gasteiger partial charge in [0.25, 0.3) is 0 Å². The summed E-state index contributed by atoms with van der Waals surface area (Å²) < 4.78 is 6.33. The van der Waals surface area contributed by atoms with E-state index in [1.165, 1.54) is 22.5 Å². The number of benzene rings is 2.